The topological polar surface area (TPSA) is 60.8 Å². The highest BCUT2D eigenvalue weighted by molar-refractivity contribution is 5.96. The van der Waals surface area contributed by atoms with Gasteiger partial charge in [0.1, 0.15) is 12.0 Å². The van der Waals surface area contributed by atoms with Crippen LogP contribution in [0, 0.1) is 5.92 Å². The Morgan fingerprint density at radius 2 is 2.12 bits per heavy atom. The maximum absolute atomic E-state index is 10.6. The zero-order valence-electron chi connectivity index (χ0n) is 15.4. The third kappa shape index (κ3) is 2.41. The van der Waals surface area contributed by atoms with E-state index in [0.717, 1.165) is 49.4 Å². The lowest BCUT2D eigenvalue weighted by Gasteiger charge is -2.46. The van der Waals surface area contributed by atoms with Crippen molar-refractivity contribution in [1.82, 2.24) is 9.88 Å². The van der Waals surface area contributed by atoms with E-state index in [1.165, 1.54) is 30.2 Å². The summed E-state index contributed by atoms with van der Waals surface area (Å²) in [6.45, 7) is 2.76. The smallest absolute Gasteiger partial charge is 0.120 e. The number of hydrogen-bond acceptors (Lipinski definition) is 4. The van der Waals surface area contributed by atoms with E-state index in [4.69, 9.17) is 9.73 Å². The molecule has 138 valence electrons. The Morgan fingerprint density at radius 3 is 2.81 bits per heavy atom. The average Bonchev–Trinajstić information content (AvgIpc) is 3.00. The molecule has 1 aliphatic carbocycles. The molecule has 0 radical (unpaired) electrons. The molecule has 1 saturated carbocycles. The fourth-order valence-corrected chi connectivity index (χ4v) is 5.04. The van der Waals surface area contributed by atoms with Crippen LogP contribution in [0.2, 0.25) is 0 Å². The molecule has 5 nitrogen and oxygen atoms in total. The number of methoxy groups -OCH3 is 1. The van der Waals surface area contributed by atoms with Gasteiger partial charge in [0.05, 0.1) is 12.8 Å². The summed E-state index contributed by atoms with van der Waals surface area (Å²) in [5, 5.41) is 11.9. The highest BCUT2D eigenvalue weighted by atomic mass is 16.5. The molecule has 1 aromatic carbocycles. The monoisotopic (exact) mass is 353 g/mol. The van der Waals surface area contributed by atoms with Gasteiger partial charge in [0, 0.05) is 48.2 Å². The lowest BCUT2D eigenvalue weighted by Crippen LogP contribution is -2.52. The van der Waals surface area contributed by atoms with Crippen LogP contribution >= 0.6 is 0 Å². The standard InChI is InChI=1S/C21H27N3O2/c1-26-15-5-6-16-17(11-15)23-18-12-22-13-21(19(16)18)7-9-24(10-8-21)20(25)14-3-2-4-14/h5-6,11-12,14,20,23,25H,2-4,7-10,13H2,1H3. The van der Waals surface area contributed by atoms with Crippen molar-refractivity contribution in [3.05, 3.63) is 29.5 Å². The van der Waals surface area contributed by atoms with Crippen molar-refractivity contribution in [2.45, 2.75) is 43.7 Å². The molecule has 2 aliphatic heterocycles. The van der Waals surface area contributed by atoms with Crippen molar-refractivity contribution in [2.75, 3.05) is 26.7 Å². The van der Waals surface area contributed by atoms with Crippen LogP contribution in [0.3, 0.4) is 0 Å². The Bertz CT molecular complexity index is 844. The molecular formula is C21H27N3O2. The van der Waals surface area contributed by atoms with E-state index in [-0.39, 0.29) is 11.6 Å². The molecule has 5 rings (SSSR count). The minimum atomic E-state index is -0.250. The van der Waals surface area contributed by atoms with Gasteiger partial charge in [0.15, 0.2) is 0 Å². The summed E-state index contributed by atoms with van der Waals surface area (Å²) in [5.74, 6) is 1.37. The highest BCUT2D eigenvalue weighted by Gasteiger charge is 2.43. The van der Waals surface area contributed by atoms with Gasteiger partial charge in [-0.1, -0.05) is 6.42 Å². The van der Waals surface area contributed by atoms with E-state index < -0.39 is 0 Å². The van der Waals surface area contributed by atoms with Crippen LogP contribution < -0.4 is 4.74 Å². The first-order chi connectivity index (χ1) is 12.7. The van der Waals surface area contributed by atoms with Crippen molar-refractivity contribution in [3.63, 3.8) is 0 Å². The number of fused-ring (bicyclic) bond motifs is 4. The quantitative estimate of drug-likeness (QED) is 0.891. The Hall–Kier alpha value is -1.85. The molecule has 2 N–H and O–H groups in total. The third-order valence-corrected chi connectivity index (χ3v) is 6.88. The van der Waals surface area contributed by atoms with Crippen molar-refractivity contribution in [3.8, 4) is 5.75 Å². The van der Waals surface area contributed by atoms with E-state index in [2.05, 4.69) is 22.0 Å². The van der Waals surface area contributed by atoms with Crippen molar-refractivity contribution in [2.24, 2.45) is 10.9 Å². The first-order valence-corrected chi connectivity index (χ1v) is 9.82. The zero-order chi connectivity index (χ0) is 17.7. The normalized spacial score (nSPS) is 23.8. The van der Waals surface area contributed by atoms with Gasteiger partial charge in [0.2, 0.25) is 0 Å². The number of ether oxygens (including phenoxy) is 1. The van der Waals surface area contributed by atoms with Crippen LogP contribution in [0.1, 0.15) is 43.4 Å². The van der Waals surface area contributed by atoms with E-state index in [9.17, 15) is 5.11 Å². The largest absolute Gasteiger partial charge is 0.497 e. The molecule has 1 saturated heterocycles. The van der Waals surface area contributed by atoms with E-state index in [1.807, 2.05) is 12.3 Å². The summed E-state index contributed by atoms with van der Waals surface area (Å²) >= 11 is 0. The molecular weight excluding hydrogens is 326 g/mol. The molecule has 0 amide bonds. The Balaban J connectivity index is 1.45. The zero-order valence-corrected chi connectivity index (χ0v) is 15.4. The average molecular weight is 353 g/mol. The van der Waals surface area contributed by atoms with Crippen molar-refractivity contribution < 1.29 is 9.84 Å². The van der Waals surface area contributed by atoms with Gasteiger partial charge < -0.3 is 14.8 Å². The lowest BCUT2D eigenvalue weighted by atomic mass is 9.70. The molecule has 1 aromatic heterocycles. The second-order valence-electron chi connectivity index (χ2n) is 8.22. The van der Waals surface area contributed by atoms with Crippen LogP contribution in [-0.4, -0.2) is 54.2 Å². The molecule has 5 heteroatoms. The molecule has 2 aromatic rings. The second kappa shape index (κ2) is 6.10. The van der Waals surface area contributed by atoms with Crippen molar-refractivity contribution >= 4 is 17.1 Å². The van der Waals surface area contributed by atoms with Gasteiger partial charge in [-0.15, -0.1) is 0 Å². The minimum Gasteiger partial charge on any atom is -0.497 e. The van der Waals surface area contributed by atoms with E-state index in [0.29, 0.717) is 5.92 Å². The number of likely N-dealkylation sites (tertiary alicyclic amines) is 1. The maximum atomic E-state index is 10.6. The second-order valence-corrected chi connectivity index (χ2v) is 8.22. The maximum Gasteiger partial charge on any atom is 0.120 e. The number of H-pyrrole nitrogens is 1. The summed E-state index contributed by atoms with van der Waals surface area (Å²) in [5.41, 5.74) is 3.78. The molecule has 1 unspecified atom stereocenters. The van der Waals surface area contributed by atoms with Crippen LogP contribution in [-0.2, 0) is 5.41 Å². The van der Waals surface area contributed by atoms with Crippen LogP contribution in [0.4, 0.5) is 0 Å². The number of hydrogen-bond donors (Lipinski definition) is 2. The number of nitrogens with zero attached hydrogens (tertiary/aromatic N) is 2. The summed E-state index contributed by atoms with van der Waals surface area (Å²) < 4.78 is 5.38. The van der Waals surface area contributed by atoms with Crippen molar-refractivity contribution in [1.29, 1.82) is 0 Å². The SMILES string of the molecule is COc1ccc2c3c([nH]c2c1)C=NCC31CCN(C(O)C2CCC2)CC1. The van der Waals surface area contributed by atoms with E-state index >= 15 is 0 Å². The Morgan fingerprint density at radius 1 is 1.31 bits per heavy atom. The van der Waals surface area contributed by atoms with Crippen LogP contribution in [0.25, 0.3) is 10.9 Å². The van der Waals surface area contributed by atoms with Gasteiger partial charge in [-0.2, -0.15) is 0 Å². The molecule has 3 heterocycles. The van der Waals surface area contributed by atoms with Gasteiger partial charge in [-0.3, -0.25) is 9.89 Å². The summed E-state index contributed by atoms with van der Waals surface area (Å²) in [6, 6.07) is 6.30. The van der Waals surface area contributed by atoms with Gasteiger partial charge in [-0.25, -0.2) is 0 Å². The Kier molecular flexibility index (Phi) is 3.83. The number of rotatable bonds is 3. The molecule has 2 fully saturated rings. The van der Waals surface area contributed by atoms with Gasteiger partial charge in [-0.05, 0) is 49.3 Å². The van der Waals surface area contributed by atoms with Gasteiger partial charge >= 0.3 is 0 Å². The number of aliphatic imine (C=N–C) groups is 1. The van der Waals surface area contributed by atoms with E-state index in [1.54, 1.807) is 7.11 Å². The third-order valence-electron chi connectivity index (χ3n) is 6.88. The predicted molar refractivity (Wildman–Crippen MR) is 103 cm³/mol. The number of aliphatic hydroxyl groups excluding tert-OH is 1. The number of aromatic amines is 1. The molecule has 26 heavy (non-hydrogen) atoms. The molecule has 3 aliphatic rings. The number of nitrogens with one attached hydrogen (secondary N) is 1. The van der Waals surface area contributed by atoms with Crippen LogP contribution in [0.5, 0.6) is 5.75 Å². The number of piperidine rings is 1. The minimum absolute atomic E-state index is 0.0900. The first kappa shape index (κ1) is 16.3. The van der Waals surface area contributed by atoms with Gasteiger partial charge in [0.25, 0.3) is 0 Å². The fourth-order valence-electron chi connectivity index (χ4n) is 5.04. The molecule has 0 bridgehead atoms. The molecule has 1 spiro atoms. The first-order valence-electron chi connectivity index (χ1n) is 9.82. The Labute approximate surface area is 154 Å². The summed E-state index contributed by atoms with van der Waals surface area (Å²) in [7, 11) is 1.70. The molecule has 1 atom stereocenters. The predicted octanol–water partition coefficient (Wildman–Crippen LogP) is 3.06. The summed E-state index contributed by atoms with van der Waals surface area (Å²) in [4.78, 5) is 10.5. The number of aliphatic hydroxyl groups is 1. The lowest BCUT2D eigenvalue weighted by molar-refractivity contribution is -0.0792. The highest BCUT2D eigenvalue weighted by Crippen LogP contribution is 2.44. The number of benzene rings is 1. The summed E-state index contributed by atoms with van der Waals surface area (Å²) in [6.07, 6.45) is 7.49. The van der Waals surface area contributed by atoms with Crippen LogP contribution in [0.15, 0.2) is 23.2 Å². The number of aromatic nitrogens is 1. The fraction of sp³-hybridized carbons (Fsp3) is 0.571.